The van der Waals surface area contributed by atoms with E-state index in [1.165, 1.54) is 60.2 Å². The molecule has 1 aliphatic carbocycles. The lowest BCUT2D eigenvalue weighted by Gasteiger charge is -2.21. The van der Waals surface area contributed by atoms with Crippen LogP contribution in [0.1, 0.15) is 43.8 Å². The number of benzene rings is 1. The van der Waals surface area contributed by atoms with Gasteiger partial charge in [-0.2, -0.15) is 0 Å². The van der Waals surface area contributed by atoms with E-state index >= 15 is 0 Å². The molecule has 1 saturated carbocycles. The number of nitrogens with one attached hydrogen (secondary N) is 1. The van der Waals surface area contributed by atoms with Gasteiger partial charge >= 0.3 is 0 Å². The van der Waals surface area contributed by atoms with Gasteiger partial charge in [-0.3, -0.25) is 9.59 Å². The minimum absolute atomic E-state index is 0.0938. The quantitative estimate of drug-likeness (QED) is 0.469. The number of amides is 2. The molecule has 7 nitrogen and oxygen atoms in total. The lowest BCUT2D eigenvalue weighted by molar-refractivity contribution is -0.131. The van der Waals surface area contributed by atoms with Gasteiger partial charge in [0.1, 0.15) is 11.6 Å². The van der Waals surface area contributed by atoms with Crippen LogP contribution in [-0.2, 0) is 16.1 Å². The Morgan fingerprint density at radius 1 is 1.26 bits per heavy atom. The molecule has 1 N–H and O–H groups in total. The third kappa shape index (κ3) is 6.40. The lowest BCUT2D eigenvalue weighted by atomic mass is 9.89. The Morgan fingerprint density at radius 2 is 1.97 bits per heavy atom. The second kappa shape index (κ2) is 11.1. The van der Waals surface area contributed by atoms with Crippen molar-refractivity contribution in [1.82, 2.24) is 19.7 Å². The molecule has 0 spiro atoms. The minimum atomic E-state index is -0.377. The predicted molar refractivity (Wildman–Crippen MR) is 119 cm³/mol. The number of nitrogens with zero attached hydrogens (tertiary/aromatic N) is 4. The minimum Gasteiger partial charge on any atom is -0.336 e. The number of halogens is 1. The highest BCUT2D eigenvalue weighted by Crippen LogP contribution is 2.33. The zero-order chi connectivity index (χ0) is 22.2. The van der Waals surface area contributed by atoms with E-state index in [1.807, 2.05) is 10.6 Å². The van der Waals surface area contributed by atoms with Gasteiger partial charge in [0.15, 0.2) is 5.16 Å². The number of likely N-dealkylation sites (N-methyl/N-ethyl adjacent to an activating group) is 1. The van der Waals surface area contributed by atoms with E-state index in [4.69, 9.17) is 0 Å². The molecule has 2 aromatic rings. The molecule has 1 fully saturated rings. The molecule has 1 aromatic carbocycles. The van der Waals surface area contributed by atoms with Crippen molar-refractivity contribution in [2.24, 2.45) is 0 Å². The first-order valence-electron chi connectivity index (χ1n) is 10.4. The van der Waals surface area contributed by atoms with Crippen LogP contribution in [0, 0.1) is 5.82 Å². The van der Waals surface area contributed by atoms with Crippen LogP contribution in [0.5, 0.6) is 0 Å². The van der Waals surface area contributed by atoms with E-state index < -0.39 is 0 Å². The number of rotatable bonds is 9. The van der Waals surface area contributed by atoms with E-state index in [2.05, 4.69) is 22.1 Å². The van der Waals surface area contributed by atoms with E-state index in [0.29, 0.717) is 23.3 Å². The number of carbonyl (C=O) groups excluding carboxylic acids is 2. The molecule has 166 valence electrons. The first-order valence-corrected chi connectivity index (χ1v) is 11.4. The first kappa shape index (κ1) is 23.0. The molecule has 1 aliphatic rings. The summed E-state index contributed by atoms with van der Waals surface area (Å²) in [4.78, 5) is 26.0. The van der Waals surface area contributed by atoms with Gasteiger partial charge in [-0.15, -0.1) is 16.8 Å². The number of hydrogen-bond donors (Lipinski definition) is 1. The maximum Gasteiger partial charge on any atom is 0.243 e. The molecule has 0 unspecified atom stereocenters. The van der Waals surface area contributed by atoms with E-state index in [9.17, 15) is 14.0 Å². The summed E-state index contributed by atoms with van der Waals surface area (Å²) in [6, 6.07) is 5.48. The SMILES string of the molecule is C=CCn1c(SCC(=O)N(C)CC(=O)Nc2ccc(F)cc2)nnc1C1CCCCC1. The smallest absolute Gasteiger partial charge is 0.243 e. The molecule has 3 rings (SSSR count). The number of hydrogen-bond acceptors (Lipinski definition) is 5. The average molecular weight is 446 g/mol. The number of anilines is 1. The molecule has 1 aromatic heterocycles. The first-order chi connectivity index (χ1) is 15.0. The summed E-state index contributed by atoms with van der Waals surface area (Å²) >= 11 is 1.32. The van der Waals surface area contributed by atoms with Crippen LogP contribution in [0.25, 0.3) is 0 Å². The highest BCUT2D eigenvalue weighted by atomic mass is 32.2. The number of aromatic nitrogens is 3. The van der Waals surface area contributed by atoms with Gasteiger partial charge in [-0.25, -0.2) is 4.39 Å². The highest BCUT2D eigenvalue weighted by molar-refractivity contribution is 7.99. The summed E-state index contributed by atoms with van der Waals surface area (Å²) in [5, 5.41) is 12.1. The third-order valence-corrected chi connectivity index (χ3v) is 6.24. The molecule has 0 atom stereocenters. The fourth-order valence-electron chi connectivity index (χ4n) is 3.64. The summed E-state index contributed by atoms with van der Waals surface area (Å²) in [7, 11) is 1.58. The van der Waals surface area contributed by atoms with Crippen LogP contribution in [0.2, 0.25) is 0 Å². The van der Waals surface area contributed by atoms with Crippen LogP contribution in [-0.4, -0.2) is 50.8 Å². The Kier molecular flexibility index (Phi) is 8.22. The molecule has 0 aliphatic heterocycles. The largest absolute Gasteiger partial charge is 0.336 e. The van der Waals surface area contributed by atoms with Crippen molar-refractivity contribution in [3.63, 3.8) is 0 Å². The number of carbonyl (C=O) groups is 2. The summed E-state index contributed by atoms with van der Waals surface area (Å²) < 4.78 is 15.0. The van der Waals surface area contributed by atoms with E-state index in [0.717, 1.165) is 18.7 Å². The summed E-state index contributed by atoms with van der Waals surface area (Å²) in [6.45, 7) is 4.34. The third-order valence-electron chi connectivity index (χ3n) is 5.29. The van der Waals surface area contributed by atoms with Gasteiger partial charge in [0.05, 0.1) is 12.3 Å². The zero-order valence-electron chi connectivity index (χ0n) is 17.7. The maximum absolute atomic E-state index is 13.0. The van der Waals surface area contributed by atoms with E-state index in [-0.39, 0.29) is 29.9 Å². The molecule has 31 heavy (non-hydrogen) atoms. The Bertz CT molecular complexity index is 909. The van der Waals surface area contributed by atoms with Gasteiger partial charge in [-0.05, 0) is 37.1 Å². The highest BCUT2D eigenvalue weighted by Gasteiger charge is 2.24. The molecule has 2 amide bonds. The zero-order valence-corrected chi connectivity index (χ0v) is 18.5. The molecule has 0 radical (unpaired) electrons. The van der Waals surface area contributed by atoms with Crippen molar-refractivity contribution in [2.45, 2.75) is 49.7 Å². The molecular weight excluding hydrogens is 417 g/mol. The normalized spacial score (nSPS) is 14.3. The van der Waals surface area contributed by atoms with Gasteiger partial charge in [-0.1, -0.05) is 37.1 Å². The lowest BCUT2D eigenvalue weighted by Crippen LogP contribution is -2.36. The van der Waals surface area contributed by atoms with Gasteiger partial charge in [0, 0.05) is 25.2 Å². The van der Waals surface area contributed by atoms with Crippen LogP contribution in [0.3, 0.4) is 0 Å². The van der Waals surface area contributed by atoms with Crippen molar-refractivity contribution in [1.29, 1.82) is 0 Å². The fourth-order valence-corrected chi connectivity index (χ4v) is 4.54. The second-order valence-corrected chi connectivity index (χ2v) is 8.61. The number of thioether (sulfide) groups is 1. The molecular formula is C22H28FN5O2S. The van der Waals surface area contributed by atoms with Crippen molar-refractivity contribution < 1.29 is 14.0 Å². The Balaban J connectivity index is 1.54. The summed E-state index contributed by atoms with van der Waals surface area (Å²) in [5.74, 6) is 0.623. The molecule has 1 heterocycles. The van der Waals surface area contributed by atoms with Crippen molar-refractivity contribution in [3.05, 3.63) is 48.6 Å². The van der Waals surface area contributed by atoms with Crippen LogP contribution in [0.15, 0.2) is 42.1 Å². The van der Waals surface area contributed by atoms with Crippen molar-refractivity contribution >= 4 is 29.3 Å². The topological polar surface area (TPSA) is 80.1 Å². The number of allylic oxidation sites excluding steroid dienone is 1. The van der Waals surface area contributed by atoms with Gasteiger partial charge < -0.3 is 14.8 Å². The predicted octanol–water partition coefficient (Wildman–Crippen LogP) is 3.84. The summed E-state index contributed by atoms with van der Waals surface area (Å²) in [5.41, 5.74) is 0.481. The van der Waals surface area contributed by atoms with Gasteiger partial charge in [0.2, 0.25) is 11.8 Å². The Labute approximate surface area is 186 Å². The average Bonchev–Trinajstić information content (AvgIpc) is 3.17. The molecule has 0 saturated heterocycles. The fraction of sp³-hybridized carbons (Fsp3) is 0.455. The molecule has 9 heteroatoms. The Hall–Kier alpha value is -2.68. The monoisotopic (exact) mass is 445 g/mol. The van der Waals surface area contributed by atoms with Crippen molar-refractivity contribution in [3.8, 4) is 0 Å². The maximum atomic E-state index is 13.0. The Morgan fingerprint density at radius 3 is 2.65 bits per heavy atom. The van der Waals surface area contributed by atoms with Crippen LogP contribution < -0.4 is 5.32 Å². The van der Waals surface area contributed by atoms with E-state index in [1.54, 1.807) is 7.05 Å². The molecule has 0 bridgehead atoms. The van der Waals surface area contributed by atoms with Gasteiger partial charge in [0.25, 0.3) is 0 Å². The van der Waals surface area contributed by atoms with Crippen LogP contribution >= 0.6 is 11.8 Å². The van der Waals surface area contributed by atoms with Crippen molar-refractivity contribution in [2.75, 3.05) is 24.7 Å². The summed E-state index contributed by atoms with van der Waals surface area (Å²) in [6.07, 6.45) is 7.72. The standard InChI is InChI=1S/C22H28FN5O2S/c1-3-13-28-21(16-7-5-4-6-8-16)25-26-22(28)31-15-20(30)27(2)14-19(29)24-18-11-9-17(23)10-12-18/h3,9-12,16H,1,4-8,13-15H2,2H3,(H,24,29). The van der Waals surface area contributed by atoms with Crippen LogP contribution in [0.4, 0.5) is 10.1 Å². The second-order valence-electron chi connectivity index (χ2n) is 7.67.